The fourth-order valence-corrected chi connectivity index (χ4v) is 3.22. The van der Waals surface area contributed by atoms with Gasteiger partial charge in [-0.05, 0) is 13.3 Å². The normalized spacial score (nSPS) is 25.7. The minimum absolute atomic E-state index is 0.0231. The van der Waals surface area contributed by atoms with E-state index in [4.69, 9.17) is 20.3 Å². The van der Waals surface area contributed by atoms with Crippen molar-refractivity contribution in [1.82, 2.24) is 19.5 Å². The second-order valence-electron chi connectivity index (χ2n) is 4.93. The van der Waals surface area contributed by atoms with Gasteiger partial charge >= 0.3 is 7.82 Å². The number of nitrogens with zero attached hydrogens (tertiary/aromatic N) is 4. The largest absolute Gasteiger partial charge is 0.526 e. The highest BCUT2D eigenvalue weighted by Gasteiger charge is 2.34. The first-order valence-corrected chi connectivity index (χ1v) is 8.38. The van der Waals surface area contributed by atoms with Gasteiger partial charge in [-0.3, -0.25) is 14.4 Å². The maximum absolute atomic E-state index is 11.0. The molecule has 12 heteroatoms. The number of hydrogen-bond donors (Lipinski definition) is 4. The molecule has 0 unspecified atom stereocenters. The van der Waals surface area contributed by atoms with E-state index in [-0.39, 0.29) is 34.3 Å². The fraction of sp³-hybridized carbons (Fsp3) is 0.500. The maximum Gasteiger partial charge on any atom is 0.526 e. The molecule has 0 aliphatic carbocycles. The molecular formula is C10H14N5O5PS. The van der Waals surface area contributed by atoms with Crippen molar-refractivity contribution in [3.05, 3.63) is 6.33 Å². The highest BCUT2D eigenvalue weighted by atomic mass is 32.1. The second-order valence-corrected chi connectivity index (χ2v) is 6.76. The summed E-state index contributed by atoms with van der Waals surface area (Å²) < 4.78 is 22.9. The summed E-state index contributed by atoms with van der Waals surface area (Å²) in [6.07, 6.45) is 1.78. The number of thiol groups is 1. The lowest BCUT2D eigenvalue weighted by molar-refractivity contribution is 0.0150. The van der Waals surface area contributed by atoms with Crippen LogP contribution in [0.5, 0.6) is 5.88 Å². The Morgan fingerprint density at radius 3 is 2.86 bits per heavy atom. The van der Waals surface area contributed by atoms with Crippen molar-refractivity contribution in [2.45, 2.75) is 30.9 Å². The van der Waals surface area contributed by atoms with E-state index in [1.807, 2.05) is 6.92 Å². The summed E-state index contributed by atoms with van der Waals surface area (Å²) in [5.74, 6) is -0.573. The molecule has 2 aromatic rings. The highest BCUT2D eigenvalue weighted by Crippen LogP contribution is 2.40. The van der Waals surface area contributed by atoms with Gasteiger partial charge in [-0.1, -0.05) is 0 Å². The predicted octanol–water partition coefficient (Wildman–Crippen LogP) is 0.486. The summed E-state index contributed by atoms with van der Waals surface area (Å²) >= 11 is 4.48. The van der Waals surface area contributed by atoms with Crippen molar-refractivity contribution in [3.8, 4) is 5.88 Å². The molecule has 22 heavy (non-hydrogen) atoms. The molecule has 0 bridgehead atoms. The second kappa shape index (κ2) is 5.36. The molecule has 0 aromatic carbocycles. The number of fused-ring (bicyclic) bond motifs is 1. The molecule has 0 spiro atoms. The monoisotopic (exact) mass is 347 g/mol. The summed E-state index contributed by atoms with van der Waals surface area (Å²) in [6, 6.07) is 0. The smallest absolute Gasteiger partial charge is 0.383 e. The third-order valence-corrected chi connectivity index (χ3v) is 4.04. The number of rotatable bonds is 3. The zero-order valence-corrected chi connectivity index (χ0v) is 13.2. The number of phosphoric acid groups is 1. The van der Waals surface area contributed by atoms with Crippen molar-refractivity contribution >= 4 is 37.6 Å². The van der Waals surface area contributed by atoms with Gasteiger partial charge in [-0.25, -0.2) is 9.55 Å². The lowest BCUT2D eigenvalue weighted by atomic mass is 10.2. The van der Waals surface area contributed by atoms with Crippen LogP contribution in [0.2, 0.25) is 0 Å². The maximum atomic E-state index is 11.0. The molecule has 0 radical (unpaired) electrons. The summed E-state index contributed by atoms with van der Waals surface area (Å²) in [6.45, 7) is 1.92. The van der Waals surface area contributed by atoms with Gasteiger partial charge in [0.25, 0.3) is 5.88 Å². The molecule has 10 nitrogen and oxygen atoms in total. The van der Waals surface area contributed by atoms with Crippen LogP contribution in [0.15, 0.2) is 6.33 Å². The standard InChI is InChI=1S/C10H14N5O5PS/c1-4-2-5(22)9(19-4)15-3-12-6-7(15)13-10(11)14-8(6)20-21(16,17)18/h3-5,9,22H,2H2,1H3,(H2,11,13,14)(H2,16,17,18)/t4-,5-,9-/m1/s1. The van der Waals surface area contributed by atoms with E-state index in [1.54, 1.807) is 4.57 Å². The zero-order chi connectivity index (χ0) is 16.1. The van der Waals surface area contributed by atoms with Gasteiger partial charge in [-0.2, -0.15) is 22.6 Å². The summed E-state index contributed by atoms with van der Waals surface area (Å²) in [7, 11) is -4.79. The van der Waals surface area contributed by atoms with Gasteiger partial charge in [0.2, 0.25) is 5.95 Å². The number of anilines is 1. The molecule has 3 heterocycles. The van der Waals surface area contributed by atoms with E-state index < -0.39 is 14.1 Å². The van der Waals surface area contributed by atoms with Crippen molar-refractivity contribution in [3.63, 3.8) is 0 Å². The summed E-state index contributed by atoms with van der Waals surface area (Å²) in [5, 5.41) is -0.0743. The Morgan fingerprint density at radius 1 is 1.55 bits per heavy atom. The van der Waals surface area contributed by atoms with Crippen LogP contribution in [-0.2, 0) is 9.30 Å². The molecule has 1 fully saturated rings. The Bertz CT molecular complexity index is 763. The highest BCUT2D eigenvalue weighted by molar-refractivity contribution is 7.81. The minimum Gasteiger partial charge on any atom is -0.383 e. The average Bonchev–Trinajstić information content (AvgIpc) is 2.90. The van der Waals surface area contributed by atoms with Crippen LogP contribution in [0.3, 0.4) is 0 Å². The first-order chi connectivity index (χ1) is 10.2. The molecule has 3 atom stereocenters. The van der Waals surface area contributed by atoms with Crippen molar-refractivity contribution in [2.24, 2.45) is 0 Å². The average molecular weight is 347 g/mol. The first-order valence-electron chi connectivity index (χ1n) is 6.33. The van der Waals surface area contributed by atoms with E-state index in [0.29, 0.717) is 0 Å². The van der Waals surface area contributed by atoms with Crippen LogP contribution >= 0.6 is 20.5 Å². The van der Waals surface area contributed by atoms with Crippen LogP contribution in [0, 0.1) is 0 Å². The summed E-state index contributed by atoms with van der Waals surface area (Å²) in [4.78, 5) is 29.6. The van der Waals surface area contributed by atoms with Crippen molar-refractivity contribution in [2.75, 3.05) is 5.73 Å². The lowest BCUT2D eigenvalue weighted by Gasteiger charge is -2.16. The van der Waals surface area contributed by atoms with Gasteiger partial charge in [0.15, 0.2) is 11.2 Å². The Kier molecular flexibility index (Phi) is 3.77. The van der Waals surface area contributed by atoms with Gasteiger partial charge < -0.3 is 15.0 Å². The molecule has 0 saturated carbocycles. The summed E-state index contributed by atoms with van der Waals surface area (Å²) in [5.41, 5.74) is 5.92. The number of ether oxygens (including phenoxy) is 1. The minimum atomic E-state index is -4.79. The Balaban J connectivity index is 2.09. The van der Waals surface area contributed by atoms with Crippen molar-refractivity contribution < 1.29 is 23.6 Å². The Morgan fingerprint density at radius 2 is 2.27 bits per heavy atom. The van der Waals surface area contributed by atoms with Crippen LogP contribution in [0.4, 0.5) is 5.95 Å². The topological polar surface area (TPSA) is 146 Å². The molecule has 4 N–H and O–H groups in total. The predicted molar refractivity (Wildman–Crippen MR) is 79.4 cm³/mol. The van der Waals surface area contributed by atoms with Gasteiger partial charge in [0.05, 0.1) is 12.4 Å². The molecule has 3 rings (SSSR count). The third kappa shape index (κ3) is 2.90. The van der Waals surface area contributed by atoms with E-state index in [9.17, 15) is 4.57 Å². The Labute approximate surface area is 130 Å². The van der Waals surface area contributed by atoms with Gasteiger partial charge in [-0.15, -0.1) is 0 Å². The molecule has 1 aliphatic rings. The van der Waals surface area contributed by atoms with Gasteiger partial charge in [0.1, 0.15) is 6.23 Å². The Hall–Kier alpha value is -1.39. The molecule has 2 aromatic heterocycles. The fourth-order valence-electron chi connectivity index (χ4n) is 2.36. The number of imidazole rings is 1. The molecule has 0 amide bonds. The zero-order valence-electron chi connectivity index (χ0n) is 11.4. The van der Waals surface area contributed by atoms with Crippen LogP contribution < -0.4 is 10.3 Å². The quantitative estimate of drug-likeness (QED) is 0.460. The molecule has 1 saturated heterocycles. The lowest BCUT2D eigenvalue weighted by Crippen LogP contribution is -2.15. The number of phosphoric ester groups is 1. The number of aromatic nitrogens is 4. The molecule has 1 aliphatic heterocycles. The van der Waals surface area contributed by atoms with Crippen LogP contribution in [0.25, 0.3) is 11.2 Å². The van der Waals surface area contributed by atoms with E-state index >= 15 is 0 Å². The first kappa shape index (κ1) is 15.5. The molecular weight excluding hydrogens is 333 g/mol. The van der Waals surface area contributed by atoms with Crippen molar-refractivity contribution in [1.29, 1.82) is 0 Å². The number of nitrogens with two attached hydrogens (primary N) is 1. The van der Waals surface area contributed by atoms with Gasteiger partial charge in [0, 0.05) is 5.25 Å². The van der Waals surface area contributed by atoms with Crippen LogP contribution in [0.1, 0.15) is 19.6 Å². The number of hydrogen-bond acceptors (Lipinski definition) is 8. The van der Waals surface area contributed by atoms with E-state index in [0.717, 1.165) is 6.42 Å². The van der Waals surface area contributed by atoms with E-state index in [1.165, 1.54) is 6.33 Å². The van der Waals surface area contributed by atoms with E-state index in [2.05, 4.69) is 32.1 Å². The SMILES string of the molecule is C[C@@H]1C[C@@H](S)[C@H](n2cnc3c(OP(=O)(O)O)nc(N)nc32)O1. The van der Waals surface area contributed by atoms with Crippen LogP contribution in [-0.4, -0.2) is 40.7 Å². The number of nitrogen functional groups attached to an aromatic ring is 1. The third-order valence-electron chi connectivity index (χ3n) is 3.16. The molecule has 120 valence electrons.